The average molecular weight is 339 g/mol. The highest BCUT2D eigenvalue weighted by Gasteiger charge is 2.35. The molecular weight excluding hydrogens is 300 g/mol. The van der Waals surface area contributed by atoms with E-state index in [1.165, 1.54) is 56.1 Å². The maximum absolute atomic E-state index is 6.02. The van der Waals surface area contributed by atoms with Crippen LogP contribution in [0.3, 0.4) is 0 Å². The summed E-state index contributed by atoms with van der Waals surface area (Å²) in [4.78, 5) is 0. The SMILES string of the molecule is C#CC1(C2=CC=C(C)[C@@H](CC3CCCC3)C=C2)CCC(C)CC1.CC. The largest absolute Gasteiger partial charge is 0.119 e. The number of allylic oxidation sites excluding steroid dienone is 6. The molecule has 0 N–H and O–H groups in total. The van der Waals surface area contributed by atoms with E-state index < -0.39 is 0 Å². The summed E-state index contributed by atoms with van der Waals surface area (Å²) in [7, 11) is 0. The Balaban J connectivity index is 0.00000109. The first kappa shape index (κ1) is 20.1. The Morgan fingerprint density at radius 3 is 2.32 bits per heavy atom. The molecule has 2 fully saturated rings. The lowest BCUT2D eigenvalue weighted by molar-refractivity contribution is 0.265. The predicted molar refractivity (Wildman–Crippen MR) is 111 cm³/mol. The fourth-order valence-electron chi connectivity index (χ4n) is 4.73. The summed E-state index contributed by atoms with van der Waals surface area (Å²) in [5.41, 5.74) is 2.89. The zero-order valence-electron chi connectivity index (χ0n) is 17.0. The molecule has 0 saturated heterocycles. The van der Waals surface area contributed by atoms with Gasteiger partial charge in [-0.25, -0.2) is 0 Å². The third-order valence-corrected chi connectivity index (χ3v) is 6.64. The van der Waals surface area contributed by atoms with Crippen LogP contribution in [0.4, 0.5) is 0 Å². The standard InChI is InChI=1S/C23H32.C2H6/c1-4-23(15-13-18(2)14-16-23)22-11-9-19(3)21(10-12-22)17-20-7-5-6-8-20;1-2/h1,9-12,18,20-21H,5-8,13-17H2,2-3H3;1-2H3/t18?,21-,23?;/m1./s1. The monoisotopic (exact) mass is 338 g/mol. The molecule has 3 aliphatic rings. The summed E-state index contributed by atoms with van der Waals surface area (Å²) < 4.78 is 0. The van der Waals surface area contributed by atoms with Gasteiger partial charge in [-0.15, -0.1) is 6.42 Å². The van der Waals surface area contributed by atoms with Crippen LogP contribution in [0.2, 0.25) is 0 Å². The second-order valence-corrected chi connectivity index (χ2v) is 8.29. The van der Waals surface area contributed by atoms with Crippen LogP contribution < -0.4 is 0 Å². The van der Waals surface area contributed by atoms with Gasteiger partial charge in [-0.05, 0) is 62.4 Å². The van der Waals surface area contributed by atoms with Gasteiger partial charge >= 0.3 is 0 Å². The Morgan fingerprint density at radius 1 is 1.08 bits per heavy atom. The van der Waals surface area contributed by atoms with E-state index in [9.17, 15) is 0 Å². The smallest absolute Gasteiger partial charge is 0.0560 e. The second kappa shape index (κ2) is 9.47. The molecule has 3 rings (SSSR count). The summed E-state index contributed by atoms with van der Waals surface area (Å²) in [5.74, 6) is 5.57. The molecular formula is C25H38. The van der Waals surface area contributed by atoms with E-state index in [0.29, 0.717) is 5.92 Å². The Bertz CT molecular complexity index is 537. The molecule has 0 bridgehead atoms. The van der Waals surface area contributed by atoms with Gasteiger partial charge in [0.2, 0.25) is 0 Å². The molecule has 138 valence electrons. The van der Waals surface area contributed by atoms with Gasteiger partial charge in [-0.2, -0.15) is 0 Å². The number of rotatable bonds is 3. The van der Waals surface area contributed by atoms with E-state index in [0.717, 1.165) is 24.7 Å². The van der Waals surface area contributed by atoms with Crippen molar-refractivity contribution in [3.63, 3.8) is 0 Å². The van der Waals surface area contributed by atoms with Crippen LogP contribution in [0.25, 0.3) is 0 Å². The molecule has 0 radical (unpaired) electrons. The quantitative estimate of drug-likeness (QED) is 0.468. The number of hydrogen-bond acceptors (Lipinski definition) is 0. The molecule has 0 unspecified atom stereocenters. The zero-order chi connectivity index (χ0) is 18.3. The van der Waals surface area contributed by atoms with Crippen LogP contribution in [0.15, 0.2) is 35.5 Å². The minimum absolute atomic E-state index is 0.0119. The summed E-state index contributed by atoms with van der Waals surface area (Å²) >= 11 is 0. The fraction of sp³-hybridized carbons (Fsp3) is 0.680. The van der Waals surface area contributed by atoms with Crippen molar-refractivity contribution >= 4 is 0 Å². The molecule has 0 heterocycles. The average Bonchev–Trinajstić information content (AvgIpc) is 3.09. The molecule has 0 aromatic rings. The van der Waals surface area contributed by atoms with Crippen molar-refractivity contribution in [1.82, 2.24) is 0 Å². The topological polar surface area (TPSA) is 0 Å². The fourth-order valence-corrected chi connectivity index (χ4v) is 4.73. The summed E-state index contributed by atoms with van der Waals surface area (Å²) in [5, 5.41) is 0. The molecule has 0 aromatic carbocycles. The first-order valence-electron chi connectivity index (χ1n) is 10.7. The van der Waals surface area contributed by atoms with E-state index in [-0.39, 0.29) is 5.41 Å². The first-order chi connectivity index (χ1) is 12.1. The van der Waals surface area contributed by atoms with Crippen molar-refractivity contribution in [3.8, 4) is 12.3 Å². The highest BCUT2D eigenvalue weighted by atomic mass is 14.4. The van der Waals surface area contributed by atoms with Gasteiger partial charge in [0.1, 0.15) is 0 Å². The van der Waals surface area contributed by atoms with E-state index in [1.54, 1.807) is 0 Å². The van der Waals surface area contributed by atoms with Crippen LogP contribution in [0.5, 0.6) is 0 Å². The zero-order valence-corrected chi connectivity index (χ0v) is 17.0. The van der Waals surface area contributed by atoms with E-state index >= 15 is 0 Å². The maximum atomic E-state index is 6.02. The van der Waals surface area contributed by atoms with Gasteiger partial charge in [0.25, 0.3) is 0 Å². The van der Waals surface area contributed by atoms with E-state index in [2.05, 4.69) is 44.1 Å². The molecule has 3 aliphatic carbocycles. The van der Waals surface area contributed by atoms with Crippen molar-refractivity contribution in [3.05, 3.63) is 35.5 Å². The Kier molecular flexibility index (Phi) is 7.61. The van der Waals surface area contributed by atoms with Gasteiger partial charge in [0.15, 0.2) is 0 Å². The lowest BCUT2D eigenvalue weighted by Crippen LogP contribution is -2.26. The summed E-state index contributed by atoms with van der Waals surface area (Å²) in [6.45, 7) is 8.66. The molecule has 25 heavy (non-hydrogen) atoms. The van der Waals surface area contributed by atoms with E-state index in [1.807, 2.05) is 13.8 Å². The van der Waals surface area contributed by atoms with Gasteiger partial charge in [0, 0.05) is 0 Å². The summed E-state index contributed by atoms with van der Waals surface area (Å²) in [6.07, 6.45) is 27.5. The molecule has 0 nitrogen and oxygen atoms in total. The molecule has 0 amide bonds. The predicted octanol–water partition coefficient (Wildman–Crippen LogP) is 7.48. The minimum Gasteiger partial charge on any atom is -0.119 e. The molecule has 0 aliphatic heterocycles. The highest BCUT2D eigenvalue weighted by molar-refractivity contribution is 5.41. The number of hydrogen-bond donors (Lipinski definition) is 0. The first-order valence-corrected chi connectivity index (χ1v) is 10.7. The maximum Gasteiger partial charge on any atom is 0.0560 e. The van der Waals surface area contributed by atoms with Crippen LogP contribution in [0.1, 0.15) is 85.5 Å². The van der Waals surface area contributed by atoms with Crippen LogP contribution in [0, 0.1) is 35.5 Å². The Morgan fingerprint density at radius 2 is 1.72 bits per heavy atom. The van der Waals surface area contributed by atoms with Gasteiger partial charge in [-0.1, -0.05) is 82.3 Å². The van der Waals surface area contributed by atoms with Crippen molar-refractivity contribution in [2.75, 3.05) is 0 Å². The van der Waals surface area contributed by atoms with Crippen LogP contribution in [-0.4, -0.2) is 0 Å². The van der Waals surface area contributed by atoms with Crippen molar-refractivity contribution in [2.24, 2.45) is 23.2 Å². The van der Waals surface area contributed by atoms with Crippen molar-refractivity contribution < 1.29 is 0 Å². The van der Waals surface area contributed by atoms with Gasteiger partial charge in [0.05, 0.1) is 5.41 Å². The highest BCUT2D eigenvalue weighted by Crippen LogP contribution is 2.45. The summed E-state index contributed by atoms with van der Waals surface area (Å²) in [6, 6.07) is 0. The van der Waals surface area contributed by atoms with Gasteiger partial charge < -0.3 is 0 Å². The lowest BCUT2D eigenvalue weighted by Gasteiger charge is -2.36. The van der Waals surface area contributed by atoms with Gasteiger partial charge in [-0.3, -0.25) is 0 Å². The molecule has 1 atom stereocenters. The lowest BCUT2D eigenvalue weighted by atomic mass is 9.67. The number of terminal acetylenes is 1. The van der Waals surface area contributed by atoms with Crippen molar-refractivity contribution in [1.29, 1.82) is 0 Å². The third kappa shape index (κ3) is 4.91. The normalized spacial score (nSPS) is 32.8. The minimum atomic E-state index is -0.0119. The molecule has 0 spiro atoms. The Hall–Kier alpha value is -1.22. The molecule has 0 aromatic heterocycles. The third-order valence-electron chi connectivity index (χ3n) is 6.64. The Labute approximate surface area is 156 Å². The molecule has 2 saturated carbocycles. The van der Waals surface area contributed by atoms with E-state index in [4.69, 9.17) is 6.42 Å². The van der Waals surface area contributed by atoms with Crippen LogP contribution >= 0.6 is 0 Å². The molecule has 0 heteroatoms. The second-order valence-electron chi connectivity index (χ2n) is 8.29. The van der Waals surface area contributed by atoms with Crippen molar-refractivity contribution in [2.45, 2.75) is 85.5 Å². The van der Waals surface area contributed by atoms with Crippen LogP contribution in [-0.2, 0) is 0 Å².